The molecule has 0 spiro atoms. The largest absolute Gasteiger partial charge is 0.478 e. The van der Waals surface area contributed by atoms with Gasteiger partial charge in [-0.25, -0.2) is 9.78 Å². The third-order valence-electron chi connectivity index (χ3n) is 4.70. The van der Waals surface area contributed by atoms with Crippen molar-refractivity contribution in [3.8, 4) is 5.75 Å². The van der Waals surface area contributed by atoms with Gasteiger partial charge >= 0.3 is 5.97 Å². The smallest absolute Gasteiger partial charge is 0.346 e. The first-order valence-corrected chi connectivity index (χ1v) is 10.8. The maximum absolute atomic E-state index is 13.2. The number of hydrogen-bond donors (Lipinski definition) is 0. The molecule has 10 nitrogen and oxygen atoms in total. The highest BCUT2D eigenvalue weighted by Crippen LogP contribution is 2.24. The summed E-state index contributed by atoms with van der Waals surface area (Å²) in [6.45, 7) is 3.44. The summed E-state index contributed by atoms with van der Waals surface area (Å²) in [4.78, 5) is 40.2. The molecule has 3 aromatic rings. The Balaban J connectivity index is 2.13. The summed E-state index contributed by atoms with van der Waals surface area (Å²) in [5.41, 5.74) is 0.182. The number of nitro benzene ring substituents is 1. The first kappa shape index (κ1) is 24.1. The molecular formula is C22H21BrN4O6. The van der Waals surface area contributed by atoms with Crippen LogP contribution < -0.4 is 10.3 Å². The normalized spacial score (nSPS) is 12.1. The van der Waals surface area contributed by atoms with E-state index in [1.807, 2.05) is 6.92 Å². The Morgan fingerprint density at radius 1 is 1.33 bits per heavy atom. The Bertz CT molecular complexity index is 1300. The second kappa shape index (κ2) is 10.3. The lowest BCUT2D eigenvalue weighted by Gasteiger charge is -2.14. The summed E-state index contributed by atoms with van der Waals surface area (Å²) in [6.07, 6.45) is 1.54. The molecule has 0 radical (unpaired) electrons. The quantitative estimate of drug-likeness (QED) is 0.192. The molecule has 0 unspecified atom stereocenters. The van der Waals surface area contributed by atoms with Crippen molar-refractivity contribution >= 4 is 44.7 Å². The zero-order chi connectivity index (χ0) is 24.1. The van der Waals surface area contributed by atoms with Crippen molar-refractivity contribution in [3.63, 3.8) is 0 Å². The minimum absolute atomic E-state index is 0.170. The van der Waals surface area contributed by atoms with Crippen molar-refractivity contribution in [1.82, 2.24) is 9.66 Å². The van der Waals surface area contributed by atoms with E-state index in [2.05, 4.69) is 30.8 Å². The fourth-order valence-corrected chi connectivity index (χ4v) is 3.44. The average molecular weight is 517 g/mol. The topological polar surface area (TPSA) is 126 Å². The Morgan fingerprint density at radius 3 is 2.76 bits per heavy atom. The summed E-state index contributed by atoms with van der Waals surface area (Å²) in [7, 11) is 1.23. The van der Waals surface area contributed by atoms with Crippen LogP contribution in [0.5, 0.6) is 5.75 Å². The molecule has 2 aromatic carbocycles. The Kier molecular flexibility index (Phi) is 7.54. The molecular weight excluding hydrogens is 496 g/mol. The molecule has 0 N–H and O–H groups in total. The Morgan fingerprint density at radius 2 is 2.09 bits per heavy atom. The molecule has 1 atom stereocenters. The van der Waals surface area contributed by atoms with Crippen LogP contribution in [0, 0.1) is 10.1 Å². The number of non-ortho nitro benzene ring substituents is 1. The van der Waals surface area contributed by atoms with Crippen molar-refractivity contribution in [3.05, 3.63) is 72.7 Å². The molecule has 0 aliphatic heterocycles. The number of benzene rings is 2. The molecule has 33 heavy (non-hydrogen) atoms. The van der Waals surface area contributed by atoms with E-state index in [1.165, 1.54) is 43.1 Å². The fraction of sp³-hybridized carbons (Fsp3) is 0.273. The van der Waals surface area contributed by atoms with Gasteiger partial charge in [0.2, 0.25) is 0 Å². The van der Waals surface area contributed by atoms with Crippen LogP contribution in [-0.2, 0) is 16.0 Å². The van der Waals surface area contributed by atoms with E-state index in [1.54, 1.807) is 18.2 Å². The van der Waals surface area contributed by atoms with Crippen molar-refractivity contribution in [1.29, 1.82) is 0 Å². The van der Waals surface area contributed by atoms with Crippen LogP contribution in [0.3, 0.4) is 0 Å². The van der Waals surface area contributed by atoms with E-state index in [0.29, 0.717) is 23.1 Å². The number of nitrogens with zero attached hydrogens (tertiary/aromatic N) is 4. The van der Waals surface area contributed by atoms with Crippen molar-refractivity contribution in [2.24, 2.45) is 5.10 Å². The molecule has 0 aliphatic carbocycles. The van der Waals surface area contributed by atoms with Crippen LogP contribution in [-0.4, -0.2) is 40.0 Å². The monoisotopic (exact) mass is 516 g/mol. The zero-order valence-electron chi connectivity index (χ0n) is 18.1. The van der Waals surface area contributed by atoms with Gasteiger partial charge in [-0.2, -0.15) is 9.78 Å². The van der Waals surface area contributed by atoms with E-state index in [-0.39, 0.29) is 22.6 Å². The van der Waals surface area contributed by atoms with Crippen LogP contribution in [0.2, 0.25) is 0 Å². The molecule has 11 heteroatoms. The van der Waals surface area contributed by atoms with Gasteiger partial charge in [-0.05, 0) is 37.6 Å². The maximum Gasteiger partial charge on any atom is 0.346 e. The number of esters is 1. The van der Waals surface area contributed by atoms with Crippen LogP contribution in [0.1, 0.15) is 31.7 Å². The molecule has 1 aromatic heterocycles. The zero-order valence-corrected chi connectivity index (χ0v) is 19.7. The molecule has 0 saturated heterocycles. The van der Waals surface area contributed by atoms with Gasteiger partial charge in [-0.3, -0.25) is 14.9 Å². The number of aryl methyl sites for hydroxylation is 1. The van der Waals surface area contributed by atoms with Gasteiger partial charge in [0.15, 0.2) is 6.10 Å². The summed E-state index contributed by atoms with van der Waals surface area (Å²) in [6, 6.07) is 9.07. The fourth-order valence-electron chi connectivity index (χ4n) is 3.08. The van der Waals surface area contributed by atoms with E-state index < -0.39 is 17.0 Å². The van der Waals surface area contributed by atoms with Gasteiger partial charge < -0.3 is 9.47 Å². The molecule has 0 fully saturated rings. The number of fused-ring (bicyclic) bond motifs is 1. The number of aromatic nitrogens is 2. The van der Waals surface area contributed by atoms with Gasteiger partial charge in [0.1, 0.15) is 11.6 Å². The van der Waals surface area contributed by atoms with Crippen molar-refractivity contribution in [2.75, 3.05) is 7.11 Å². The number of hydrogen-bond acceptors (Lipinski definition) is 8. The van der Waals surface area contributed by atoms with E-state index >= 15 is 0 Å². The summed E-state index contributed by atoms with van der Waals surface area (Å²) in [5, 5.41) is 15.9. The van der Waals surface area contributed by atoms with Gasteiger partial charge in [0, 0.05) is 28.6 Å². The number of carbonyl (C=O) groups excluding carboxylic acids is 1. The molecule has 3 rings (SSSR count). The second-order valence-corrected chi connectivity index (χ2v) is 7.98. The second-order valence-electron chi connectivity index (χ2n) is 7.06. The predicted octanol–water partition coefficient (Wildman–Crippen LogP) is 3.84. The lowest BCUT2D eigenvalue weighted by Crippen LogP contribution is -2.25. The molecule has 0 amide bonds. The lowest BCUT2D eigenvalue weighted by atomic mass is 10.2. The first-order chi connectivity index (χ1) is 15.7. The predicted molar refractivity (Wildman–Crippen MR) is 126 cm³/mol. The average Bonchev–Trinajstić information content (AvgIpc) is 2.79. The number of carbonyl (C=O) groups is 1. The third kappa shape index (κ3) is 5.43. The van der Waals surface area contributed by atoms with Crippen LogP contribution in [0.15, 0.2) is 50.8 Å². The molecule has 0 saturated carbocycles. The number of ether oxygens (including phenoxy) is 2. The third-order valence-corrected chi connectivity index (χ3v) is 5.20. The number of halogens is 1. The van der Waals surface area contributed by atoms with Gasteiger partial charge in [0.05, 0.1) is 29.2 Å². The van der Waals surface area contributed by atoms with Crippen LogP contribution in [0.25, 0.3) is 10.9 Å². The molecule has 172 valence electrons. The number of rotatable bonds is 8. The summed E-state index contributed by atoms with van der Waals surface area (Å²) in [5.74, 6) is 0.00947. The first-order valence-electron chi connectivity index (χ1n) is 10.0. The minimum atomic E-state index is -0.957. The van der Waals surface area contributed by atoms with Gasteiger partial charge in [-0.1, -0.05) is 22.9 Å². The van der Waals surface area contributed by atoms with Gasteiger partial charge in [0.25, 0.3) is 11.2 Å². The maximum atomic E-state index is 13.2. The van der Waals surface area contributed by atoms with E-state index in [4.69, 9.17) is 4.74 Å². The highest BCUT2D eigenvalue weighted by molar-refractivity contribution is 9.10. The van der Waals surface area contributed by atoms with Crippen molar-refractivity contribution < 1.29 is 19.2 Å². The highest BCUT2D eigenvalue weighted by atomic mass is 79.9. The number of methoxy groups -OCH3 is 1. The van der Waals surface area contributed by atoms with E-state index in [0.717, 1.165) is 10.9 Å². The Labute approximate surface area is 197 Å². The molecule has 0 bridgehead atoms. The molecule has 1 heterocycles. The van der Waals surface area contributed by atoms with Crippen LogP contribution in [0.4, 0.5) is 5.69 Å². The van der Waals surface area contributed by atoms with Gasteiger partial charge in [-0.15, -0.1) is 0 Å². The molecule has 0 aliphatic rings. The lowest BCUT2D eigenvalue weighted by molar-refractivity contribution is -0.384. The standard InChI is InChI=1S/C22H21BrN4O6/c1-4-5-20-25-18-8-6-15(23)11-17(18)21(28)26(20)24-12-14-10-16(27(30)31)7-9-19(14)33-13(2)22(29)32-3/h6-13H,4-5H2,1-3H3/t13-/m0/s1. The number of nitro groups is 1. The minimum Gasteiger partial charge on any atom is -0.478 e. The highest BCUT2D eigenvalue weighted by Gasteiger charge is 2.19. The summed E-state index contributed by atoms with van der Waals surface area (Å²) >= 11 is 3.36. The van der Waals surface area contributed by atoms with Crippen molar-refractivity contribution in [2.45, 2.75) is 32.8 Å². The van der Waals surface area contributed by atoms with E-state index in [9.17, 15) is 19.7 Å². The SMILES string of the molecule is CCCc1nc2ccc(Br)cc2c(=O)n1N=Cc1cc([N+](=O)[O-])ccc1O[C@@H](C)C(=O)OC. The van der Waals surface area contributed by atoms with Crippen LogP contribution >= 0.6 is 15.9 Å². The summed E-state index contributed by atoms with van der Waals surface area (Å²) < 4.78 is 12.2. The Hall–Kier alpha value is -3.60.